The van der Waals surface area contributed by atoms with Crippen LogP contribution in [0.3, 0.4) is 0 Å². The zero-order chi connectivity index (χ0) is 10.0. The molecule has 0 aromatic heterocycles. The third-order valence-corrected chi connectivity index (χ3v) is 2.06. The Morgan fingerprint density at radius 3 is 2.54 bits per heavy atom. The molecule has 0 unspecified atom stereocenters. The average Bonchev–Trinajstić information content (AvgIpc) is 2.04. The van der Waals surface area contributed by atoms with Crippen LogP contribution in [0.25, 0.3) is 0 Å². The lowest BCUT2D eigenvalue weighted by Gasteiger charge is -2.07. The van der Waals surface area contributed by atoms with Crippen LogP contribution >= 0.6 is 11.6 Å². The molecule has 0 atom stereocenters. The first-order valence-electron chi connectivity index (χ1n) is 4.01. The highest BCUT2D eigenvalue weighted by Crippen LogP contribution is 2.20. The van der Waals surface area contributed by atoms with Gasteiger partial charge in [0.05, 0.1) is 0 Å². The fraction of sp³-hybridized carbons (Fsp3) is 0.300. The van der Waals surface area contributed by atoms with Crippen molar-refractivity contribution in [3.8, 4) is 0 Å². The molecule has 0 spiro atoms. The molecular formula is C10H10ClFO. The van der Waals surface area contributed by atoms with Crippen LogP contribution < -0.4 is 0 Å². The van der Waals surface area contributed by atoms with Gasteiger partial charge in [-0.2, -0.15) is 0 Å². The van der Waals surface area contributed by atoms with Crippen molar-refractivity contribution in [2.45, 2.75) is 19.8 Å². The molecule has 0 N–H and O–H groups in total. The highest BCUT2D eigenvalue weighted by molar-refractivity contribution is 6.67. The second-order valence-corrected chi connectivity index (χ2v) is 3.51. The monoisotopic (exact) mass is 200 g/mol. The summed E-state index contributed by atoms with van der Waals surface area (Å²) in [6.45, 7) is 3.72. The number of carbonyl (C=O) groups excluding carboxylic acids is 1. The predicted octanol–water partition coefficient (Wildman–Crippen LogP) is 3.33. The van der Waals surface area contributed by atoms with Gasteiger partial charge in [-0.25, -0.2) is 4.39 Å². The van der Waals surface area contributed by atoms with Crippen molar-refractivity contribution in [3.05, 3.63) is 35.1 Å². The van der Waals surface area contributed by atoms with E-state index in [2.05, 4.69) is 0 Å². The molecule has 0 aliphatic rings. The van der Waals surface area contributed by atoms with Crippen LogP contribution in [-0.2, 0) is 0 Å². The molecule has 1 aromatic carbocycles. The quantitative estimate of drug-likeness (QED) is 0.670. The van der Waals surface area contributed by atoms with E-state index in [9.17, 15) is 9.18 Å². The van der Waals surface area contributed by atoms with E-state index >= 15 is 0 Å². The molecule has 0 bridgehead atoms. The Labute approximate surface area is 81.5 Å². The van der Waals surface area contributed by atoms with Gasteiger partial charge in [0.1, 0.15) is 5.82 Å². The molecule has 1 rings (SSSR count). The molecule has 0 radical (unpaired) electrons. The first kappa shape index (κ1) is 10.2. The van der Waals surface area contributed by atoms with Crippen LogP contribution in [0.1, 0.15) is 35.7 Å². The van der Waals surface area contributed by atoms with Crippen molar-refractivity contribution in [1.29, 1.82) is 0 Å². The molecule has 1 nitrogen and oxygen atoms in total. The zero-order valence-corrected chi connectivity index (χ0v) is 8.23. The molecule has 0 fully saturated rings. The molecule has 0 aliphatic heterocycles. The summed E-state index contributed by atoms with van der Waals surface area (Å²) in [6, 6.07) is 4.15. The predicted molar refractivity (Wildman–Crippen MR) is 50.7 cm³/mol. The Hall–Kier alpha value is -0.890. The molecule has 0 saturated carbocycles. The van der Waals surface area contributed by atoms with E-state index in [1.165, 1.54) is 18.2 Å². The zero-order valence-electron chi connectivity index (χ0n) is 7.47. The van der Waals surface area contributed by atoms with Crippen LogP contribution in [0.4, 0.5) is 4.39 Å². The highest BCUT2D eigenvalue weighted by Gasteiger charge is 2.09. The van der Waals surface area contributed by atoms with Crippen LogP contribution in [0.5, 0.6) is 0 Å². The Bertz CT molecular complexity index is 334. The summed E-state index contributed by atoms with van der Waals surface area (Å²) in [5.41, 5.74) is 0.860. The lowest BCUT2D eigenvalue weighted by Crippen LogP contribution is -1.97. The summed E-state index contributed by atoms with van der Waals surface area (Å²) >= 11 is 5.27. The maximum atomic E-state index is 13.1. The summed E-state index contributed by atoms with van der Waals surface area (Å²) in [7, 11) is 0. The van der Waals surface area contributed by atoms with E-state index in [1.807, 2.05) is 13.8 Å². The largest absolute Gasteiger partial charge is 0.276 e. The van der Waals surface area contributed by atoms with Crippen LogP contribution in [-0.4, -0.2) is 5.24 Å². The number of rotatable bonds is 2. The molecule has 3 heteroatoms. The number of benzene rings is 1. The van der Waals surface area contributed by atoms with E-state index in [0.717, 1.165) is 0 Å². The summed E-state index contributed by atoms with van der Waals surface area (Å²) in [5, 5.41) is -0.554. The van der Waals surface area contributed by atoms with E-state index < -0.39 is 5.24 Å². The Morgan fingerprint density at radius 1 is 1.46 bits per heavy atom. The summed E-state index contributed by atoms with van der Waals surface area (Å²) in [6.07, 6.45) is 0. The van der Waals surface area contributed by atoms with E-state index in [4.69, 9.17) is 11.6 Å². The standard InChI is InChI=1S/C10H10ClFO/c1-6(2)8-5-7(10(11)13)3-4-9(8)12/h3-6H,1-2H3. The Kier molecular flexibility index (Phi) is 3.04. The fourth-order valence-electron chi connectivity index (χ4n) is 1.11. The van der Waals surface area contributed by atoms with Crippen molar-refractivity contribution in [2.75, 3.05) is 0 Å². The molecule has 0 heterocycles. The van der Waals surface area contributed by atoms with Crippen LogP contribution in [0.15, 0.2) is 18.2 Å². The van der Waals surface area contributed by atoms with Gasteiger partial charge in [0.25, 0.3) is 5.24 Å². The highest BCUT2D eigenvalue weighted by atomic mass is 35.5. The lowest BCUT2D eigenvalue weighted by molar-refractivity contribution is 0.108. The molecule has 13 heavy (non-hydrogen) atoms. The minimum Gasteiger partial charge on any atom is -0.276 e. The van der Waals surface area contributed by atoms with Crippen molar-refractivity contribution in [3.63, 3.8) is 0 Å². The van der Waals surface area contributed by atoms with Crippen molar-refractivity contribution >= 4 is 16.8 Å². The minimum atomic E-state index is -0.554. The van der Waals surface area contributed by atoms with Gasteiger partial charge in [-0.3, -0.25) is 4.79 Å². The maximum absolute atomic E-state index is 13.1. The van der Waals surface area contributed by atoms with Gasteiger partial charge in [-0.1, -0.05) is 13.8 Å². The smallest absolute Gasteiger partial charge is 0.252 e. The second kappa shape index (κ2) is 3.88. The first-order chi connectivity index (χ1) is 6.02. The number of carbonyl (C=O) groups is 1. The molecule has 0 aliphatic carbocycles. The van der Waals surface area contributed by atoms with Gasteiger partial charge in [0.15, 0.2) is 0 Å². The van der Waals surface area contributed by atoms with E-state index in [1.54, 1.807) is 0 Å². The molecular weight excluding hydrogens is 191 g/mol. The van der Waals surface area contributed by atoms with Crippen molar-refractivity contribution in [1.82, 2.24) is 0 Å². The lowest BCUT2D eigenvalue weighted by atomic mass is 10.0. The van der Waals surface area contributed by atoms with Crippen LogP contribution in [0.2, 0.25) is 0 Å². The van der Waals surface area contributed by atoms with E-state index in [-0.39, 0.29) is 11.7 Å². The second-order valence-electron chi connectivity index (χ2n) is 3.16. The average molecular weight is 201 g/mol. The van der Waals surface area contributed by atoms with Gasteiger partial charge in [-0.15, -0.1) is 0 Å². The van der Waals surface area contributed by atoms with Gasteiger partial charge in [-0.05, 0) is 41.3 Å². The topological polar surface area (TPSA) is 17.1 Å². The number of hydrogen-bond acceptors (Lipinski definition) is 1. The third-order valence-electron chi connectivity index (χ3n) is 1.84. The Morgan fingerprint density at radius 2 is 2.08 bits per heavy atom. The fourth-order valence-corrected chi connectivity index (χ4v) is 1.23. The van der Waals surface area contributed by atoms with Crippen LogP contribution in [0, 0.1) is 5.82 Å². The molecule has 0 saturated heterocycles. The number of hydrogen-bond donors (Lipinski definition) is 0. The van der Waals surface area contributed by atoms with Gasteiger partial charge >= 0.3 is 0 Å². The molecule has 1 aromatic rings. The van der Waals surface area contributed by atoms with Crippen molar-refractivity contribution in [2.24, 2.45) is 0 Å². The number of halogens is 2. The summed E-state index contributed by atoms with van der Waals surface area (Å²) in [4.78, 5) is 10.8. The first-order valence-corrected chi connectivity index (χ1v) is 4.39. The maximum Gasteiger partial charge on any atom is 0.252 e. The van der Waals surface area contributed by atoms with Gasteiger partial charge < -0.3 is 0 Å². The third kappa shape index (κ3) is 2.28. The molecule has 70 valence electrons. The summed E-state index contributed by atoms with van der Waals surface area (Å²) < 4.78 is 13.1. The minimum absolute atomic E-state index is 0.0518. The normalized spacial score (nSPS) is 10.5. The SMILES string of the molecule is CC(C)c1cc(C(=O)Cl)ccc1F. The van der Waals surface area contributed by atoms with Gasteiger partial charge in [0.2, 0.25) is 0 Å². The van der Waals surface area contributed by atoms with Gasteiger partial charge in [0, 0.05) is 5.56 Å². The van der Waals surface area contributed by atoms with Crippen molar-refractivity contribution < 1.29 is 9.18 Å². The Balaban J connectivity index is 3.19. The van der Waals surface area contributed by atoms with E-state index in [0.29, 0.717) is 11.1 Å². The summed E-state index contributed by atoms with van der Waals surface area (Å²) in [5.74, 6) is -0.243. The molecule has 0 amide bonds.